The monoisotopic (exact) mass is 444 g/mol. The maximum Gasteiger partial charge on any atom is 0.270 e. The number of amides is 3. The molecule has 0 fully saturated rings. The van der Waals surface area contributed by atoms with Gasteiger partial charge in [-0.1, -0.05) is 19.4 Å². The zero-order valence-electron chi connectivity index (χ0n) is 17.1. The third-order valence-electron chi connectivity index (χ3n) is 5.06. The Bertz CT molecular complexity index is 990. The number of fused-ring (bicyclic) bond motifs is 1. The highest BCUT2D eigenvalue weighted by Crippen LogP contribution is 2.24. The number of non-ortho nitro benzene ring substituents is 1. The summed E-state index contributed by atoms with van der Waals surface area (Å²) in [7, 11) is 0. The fourth-order valence-electron chi connectivity index (χ4n) is 3.47. The summed E-state index contributed by atoms with van der Waals surface area (Å²) in [6.45, 7) is 2.76. The van der Waals surface area contributed by atoms with Crippen molar-refractivity contribution in [2.45, 2.75) is 38.8 Å². The first-order valence-electron chi connectivity index (χ1n) is 10.0. The summed E-state index contributed by atoms with van der Waals surface area (Å²) in [4.78, 5) is 50.9. The van der Waals surface area contributed by atoms with E-state index in [-0.39, 0.29) is 23.7 Å². The largest absolute Gasteiger partial charge is 0.343 e. The van der Waals surface area contributed by atoms with Crippen molar-refractivity contribution >= 4 is 34.7 Å². The van der Waals surface area contributed by atoms with Gasteiger partial charge in [0.05, 0.1) is 11.5 Å². The normalized spacial score (nSPS) is 13.8. The van der Waals surface area contributed by atoms with E-state index in [0.29, 0.717) is 25.9 Å². The number of nitro benzene ring substituents is 1. The molecule has 10 heteroatoms. The summed E-state index contributed by atoms with van der Waals surface area (Å²) in [6.07, 6.45) is 2.02. The maximum atomic E-state index is 13.0. The second-order valence-electron chi connectivity index (χ2n) is 7.28. The minimum Gasteiger partial charge on any atom is -0.343 e. The molecule has 2 N–H and O–H groups in total. The van der Waals surface area contributed by atoms with Crippen LogP contribution in [0.1, 0.15) is 40.6 Å². The molecule has 3 amide bonds. The Balaban J connectivity index is 1.55. The van der Waals surface area contributed by atoms with Crippen LogP contribution in [-0.2, 0) is 22.6 Å². The van der Waals surface area contributed by atoms with Crippen LogP contribution < -0.4 is 10.6 Å². The molecule has 0 spiro atoms. The van der Waals surface area contributed by atoms with Crippen molar-refractivity contribution in [1.29, 1.82) is 0 Å². The number of nitrogens with one attached hydrogen (secondary N) is 2. The van der Waals surface area contributed by atoms with Gasteiger partial charge in [0.2, 0.25) is 11.8 Å². The Morgan fingerprint density at radius 2 is 2.10 bits per heavy atom. The van der Waals surface area contributed by atoms with Gasteiger partial charge < -0.3 is 15.5 Å². The van der Waals surface area contributed by atoms with Gasteiger partial charge in [-0.05, 0) is 35.9 Å². The first-order valence-corrected chi connectivity index (χ1v) is 10.9. The van der Waals surface area contributed by atoms with E-state index in [1.165, 1.54) is 23.1 Å². The standard InChI is InChI=1S/C21H24N4O5S/c1-2-4-17(21(28)24-9-7-18-15(13-24)8-10-31-18)23-19(26)12-22-20(27)14-5-3-6-16(11-14)25(29)30/h3,5-6,8,10-11,17H,2,4,7,9,12-13H2,1H3,(H,22,27)(H,23,26). The average molecular weight is 445 g/mol. The summed E-state index contributed by atoms with van der Waals surface area (Å²) < 4.78 is 0. The molecular formula is C21H24N4O5S. The van der Waals surface area contributed by atoms with Crippen molar-refractivity contribution in [2.75, 3.05) is 13.1 Å². The van der Waals surface area contributed by atoms with Gasteiger partial charge in [0.1, 0.15) is 6.04 Å². The molecule has 31 heavy (non-hydrogen) atoms. The molecule has 1 aromatic carbocycles. The molecule has 1 atom stereocenters. The van der Waals surface area contributed by atoms with Crippen LogP contribution >= 0.6 is 11.3 Å². The summed E-state index contributed by atoms with van der Waals surface area (Å²) >= 11 is 1.69. The molecule has 1 aliphatic rings. The van der Waals surface area contributed by atoms with E-state index in [2.05, 4.69) is 10.6 Å². The molecule has 1 aromatic heterocycles. The van der Waals surface area contributed by atoms with Gasteiger partial charge in [0.15, 0.2) is 0 Å². The highest BCUT2D eigenvalue weighted by Gasteiger charge is 2.28. The molecule has 2 heterocycles. The third-order valence-corrected chi connectivity index (χ3v) is 6.08. The molecule has 164 valence electrons. The number of nitro groups is 1. The lowest BCUT2D eigenvalue weighted by molar-refractivity contribution is -0.384. The molecule has 2 aromatic rings. The van der Waals surface area contributed by atoms with Gasteiger partial charge in [-0.15, -0.1) is 11.3 Å². The molecular weight excluding hydrogens is 420 g/mol. The van der Waals surface area contributed by atoms with Crippen LogP contribution in [0, 0.1) is 10.1 Å². The van der Waals surface area contributed by atoms with Crippen LogP contribution in [0.15, 0.2) is 35.7 Å². The number of hydrogen-bond donors (Lipinski definition) is 2. The lowest BCUT2D eigenvalue weighted by atomic mass is 10.1. The second kappa shape index (κ2) is 10.2. The lowest BCUT2D eigenvalue weighted by Gasteiger charge is -2.31. The molecule has 0 saturated carbocycles. The van der Waals surface area contributed by atoms with Crippen molar-refractivity contribution < 1.29 is 19.3 Å². The fraction of sp³-hybridized carbons (Fsp3) is 0.381. The van der Waals surface area contributed by atoms with Gasteiger partial charge in [0, 0.05) is 35.7 Å². The topological polar surface area (TPSA) is 122 Å². The van der Waals surface area contributed by atoms with E-state index < -0.39 is 22.8 Å². The summed E-state index contributed by atoms with van der Waals surface area (Å²) in [5.41, 5.74) is 1.03. The van der Waals surface area contributed by atoms with Gasteiger partial charge >= 0.3 is 0 Å². The van der Waals surface area contributed by atoms with Crippen molar-refractivity contribution in [3.8, 4) is 0 Å². The SMILES string of the molecule is CCCC(NC(=O)CNC(=O)c1cccc([N+](=O)[O-])c1)C(=O)N1CCc2sccc2C1. The Hall–Kier alpha value is -3.27. The van der Waals surface area contributed by atoms with Crippen LogP contribution in [-0.4, -0.2) is 46.7 Å². The van der Waals surface area contributed by atoms with Crippen LogP contribution in [0.4, 0.5) is 5.69 Å². The maximum absolute atomic E-state index is 13.0. The third kappa shape index (κ3) is 5.66. The minimum absolute atomic E-state index is 0.0862. The molecule has 0 aliphatic carbocycles. The number of nitrogens with zero attached hydrogens (tertiary/aromatic N) is 2. The highest BCUT2D eigenvalue weighted by atomic mass is 32.1. The number of thiophene rings is 1. The fourth-order valence-corrected chi connectivity index (χ4v) is 4.36. The number of carbonyl (C=O) groups excluding carboxylic acids is 3. The Morgan fingerprint density at radius 3 is 2.84 bits per heavy atom. The van der Waals surface area contributed by atoms with Gasteiger partial charge in [-0.2, -0.15) is 0 Å². The smallest absolute Gasteiger partial charge is 0.270 e. The molecule has 1 aliphatic heterocycles. The first kappa shape index (κ1) is 22.4. The van der Waals surface area contributed by atoms with E-state index in [9.17, 15) is 24.5 Å². The summed E-state index contributed by atoms with van der Waals surface area (Å²) in [5, 5.41) is 18.0. The van der Waals surface area contributed by atoms with E-state index >= 15 is 0 Å². The Kier molecular flexibility index (Phi) is 7.35. The van der Waals surface area contributed by atoms with Crippen molar-refractivity contribution in [3.05, 3.63) is 61.8 Å². The van der Waals surface area contributed by atoms with Crippen LogP contribution in [0.2, 0.25) is 0 Å². The van der Waals surface area contributed by atoms with Crippen LogP contribution in [0.5, 0.6) is 0 Å². The van der Waals surface area contributed by atoms with Gasteiger partial charge in [-0.25, -0.2) is 0 Å². The molecule has 0 bridgehead atoms. The quantitative estimate of drug-likeness (QED) is 0.478. The molecule has 0 saturated heterocycles. The van der Waals surface area contributed by atoms with E-state index in [1.54, 1.807) is 16.2 Å². The van der Waals surface area contributed by atoms with Gasteiger partial charge in [-0.3, -0.25) is 24.5 Å². The van der Waals surface area contributed by atoms with Crippen molar-refractivity contribution in [1.82, 2.24) is 15.5 Å². The zero-order valence-corrected chi connectivity index (χ0v) is 17.9. The van der Waals surface area contributed by atoms with Crippen molar-refractivity contribution in [3.63, 3.8) is 0 Å². The molecule has 1 unspecified atom stereocenters. The molecule has 0 radical (unpaired) electrons. The number of rotatable bonds is 8. The second-order valence-corrected chi connectivity index (χ2v) is 8.28. The summed E-state index contributed by atoms with van der Waals surface area (Å²) in [6, 6.07) is 6.62. The Morgan fingerprint density at radius 1 is 1.29 bits per heavy atom. The van der Waals surface area contributed by atoms with Crippen LogP contribution in [0.3, 0.4) is 0 Å². The van der Waals surface area contributed by atoms with Gasteiger partial charge in [0.25, 0.3) is 11.6 Å². The summed E-state index contributed by atoms with van der Waals surface area (Å²) in [5.74, 6) is -1.21. The predicted molar refractivity (Wildman–Crippen MR) is 116 cm³/mol. The lowest BCUT2D eigenvalue weighted by Crippen LogP contribution is -2.51. The first-order chi connectivity index (χ1) is 14.9. The minimum atomic E-state index is -0.660. The van der Waals surface area contributed by atoms with Crippen LogP contribution in [0.25, 0.3) is 0 Å². The Labute approximate surface area is 183 Å². The van der Waals surface area contributed by atoms with Crippen molar-refractivity contribution in [2.24, 2.45) is 0 Å². The average Bonchev–Trinajstić information content (AvgIpc) is 3.24. The molecule has 9 nitrogen and oxygen atoms in total. The number of benzene rings is 1. The number of hydrogen-bond acceptors (Lipinski definition) is 6. The van der Waals surface area contributed by atoms with E-state index in [1.807, 2.05) is 18.4 Å². The zero-order chi connectivity index (χ0) is 22.4. The van der Waals surface area contributed by atoms with E-state index in [0.717, 1.165) is 18.1 Å². The highest BCUT2D eigenvalue weighted by molar-refractivity contribution is 7.10. The van der Waals surface area contributed by atoms with E-state index in [4.69, 9.17) is 0 Å². The molecule has 3 rings (SSSR count). The number of carbonyl (C=O) groups is 3. The predicted octanol–water partition coefficient (Wildman–Crippen LogP) is 2.26.